The lowest BCUT2D eigenvalue weighted by Crippen LogP contribution is -2.39. The van der Waals surface area contributed by atoms with E-state index in [4.69, 9.17) is 0 Å². The third-order valence-corrected chi connectivity index (χ3v) is 3.11. The molecule has 0 fully saturated rings. The molecule has 0 saturated heterocycles. The SMILES string of the molecule is CN(C)CC(C)(C)CNC(=O)c1ccc(Br)cc1. The Hall–Kier alpha value is -0.870. The molecule has 0 radical (unpaired) electrons. The van der Waals surface area contributed by atoms with E-state index >= 15 is 0 Å². The molecule has 0 aromatic heterocycles. The summed E-state index contributed by atoms with van der Waals surface area (Å²) in [6.45, 7) is 5.90. The Labute approximate surface area is 118 Å². The lowest BCUT2D eigenvalue weighted by atomic mass is 9.93. The van der Waals surface area contributed by atoms with Crippen molar-refractivity contribution in [3.63, 3.8) is 0 Å². The maximum atomic E-state index is 11.9. The molecule has 1 aromatic rings. The summed E-state index contributed by atoms with van der Waals surface area (Å²) in [4.78, 5) is 14.1. The first-order valence-corrected chi connectivity index (χ1v) is 6.78. The van der Waals surface area contributed by atoms with Gasteiger partial charge >= 0.3 is 0 Å². The highest BCUT2D eigenvalue weighted by Gasteiger charge is 2.20. The quantitative estimate of drug-likeness (QED) is 0.906. The van der Waals surface area contributed by atoms with Gasteiger partial charge in [-0.2, -0.15) is 0 Å². The van der Waals surface area contributed by atoms with E-state index in [1.807, 2.05) is 38.4 Å². The Morgan fingerprint density at radius 2 is 1.83 bits per heavy atom. The van der Waals surface area contributed by atoms with E-state index in [-0.39, 0.29) is 11.3 Å². The molecular formula is C14H21BrN2O. The Balaban J connectivity index is 2.53. The molecule has 0 atom stereocenters. The highest BCUT2D eigenvalue weighted by Crippen LogP contribution is 2.15. The van der Waals surface area contributed by atoms with Crippen molar-refractivity contribution in [2.24, 2.45) is 5.41 Å². The van der Waals surface area contributed by atoms with Gasteiger partial charge in [-0.15, -0.1) is 0 Å². The van der Waals surface area contributed by atoms with Crippen LogP contribution in [0.15, 0.2) is 28.7 Å². The van der Waals surface area contributed by atoms with Crippen molar-refractivity contribution in [3.8, 4) is 0 Å². The number of amides is 1. The van der Waals surface area contributed by atoms with E-state index in [1.54, 1.807) is 0 Å². The predicted molar refractivity (Wildman–Crippen MR) is 78.8 cm³/mol. The van der Waals surface area contributed by atoms with Crippen LogP contribution in [0, 0.1) is 5.41 Å². The zero-order valence-corrected chi connectivity index (χ0v) is 13.0. The molecule has 0 saturated carbocycles. The average Bonchev–Trinajstić information content (AvgIpc) is 2.25. The van der Waals surface area contributed by atoms with Crippen LogP contribution in [0.4, 0.5) is 0 Å². The summed E-state index contributed by atoms with van der Waals surface area (Å²) in [5, 5.41) is 2.98. The molecule has 0 spiro atoms. The number of nitrogens with one attached hydrogen (secondary N) is 1. The lowest BCUT2D eigenvalue weighted by molar-refractivity contribution is 0.0929. The second kappa shape index (κ2) is 6.34. The third kappa shape index (κ3) is 5.19. The molecular weight excluding hydrogens is 292 g/mol. The molecule has 0 aliphatic heterocycles. The predicted octanol–water partition coefficient (Wildman–Crippen LogP) is 2.77. The third-order valence-electron chi connectivity index (χ3n) is 2.58. The van der Waals surface area contributed by atoms with E-state index in [0.29, 0.717) is 12.1 Å². The summed E-state index contributed by atoms with van der Waals surface area (Å²) in [6, 6.07) is 7.39. The van der Waals surface area contributed by atoms with Gasteiger partial charge in [0.15, 0.2) is 0 Å². The topological polar surface area (TPSA) is 32.3 Å². The minimum Gasteiger partial charge on any atom is -0.351 e. The summed E-state index contributed by atoms with van der Waals surface area (Å²) >= 11 is 3.36. The van der Waals surface area contributed by atoms with E-state index in [0.717, 1.165) is 11.0 Å². The second-order valence-corrected chi connectivity index (χ2v) is 6.51. The smallest absolute Gasteiger partial charge is 0.251 e. The molecule has 18 heavy (non-hydrogen) atoms. The van der Waals surface area contributed by atoms with Gasteiger partial charge in [0, 0.05) is 23.1 Å². The van der Waals surface area contributed by atoms with Gasteiger partial charge in [-0.25, -0.2) is 0 Å². The first-order chi connectivity index (χ1) is 8.30. The largest absolute Gasteiger partial charge is 0.351 e. The zero-order chi connectivity index (χ0) is 13.8. The Kier molecular flexibility index (Phi) is 5.35. The first-order valence-electron chi connectivity index (χ1n) is 5.99. The molecule has 0 unspecified atom stereocenters. The summed E-state index contributed by atoms with van der Waals surface area (Å²) in [7, 11) is 4.08. The fourth-order valence-electron chi connectivity index (χ4n) is 1.93. The number of carbonyl (C=O) groups is 1. The van der Waals surface area contributed by atoms with Crippen molar-refractivity contribution in [2.75, 3.05) is 27.2 Å². The fraction of sp³-hybridized carbons (Fsp3) is 0.500. The minimum atomic E-state index is -0.0191. The van der Waals surface area contributed by atoms with Gasteiger partial charge in [0.1, 0.15) is 0 Å². The number of benzene rings is 1. The number of rotatable bonds is 5. The molecule has 3 nitrogen and oxygen atoms in total. The van der Waals surface area contributed by atoms with Gasteiger partial charge in [0.2, 0.25) is 0 Å². The van der Waals surface area contributed by atoms with Crippen LogP contribution in [-0.4, -0.2) is 38.0 Å². The maximum Gasteiger partial charge on any atom is 0.251 e. The molecule has 1 rings (SSSR count). The molecule has 1 N–H and O–H groups in total. The number of halogens is 1. The van der Waals surface area contributed by atoms with Gasteiger partial charge in [-0.05, 0) is 43.8 Å². The summed E-state index contributed by atoms with van der Waals surface area (Å²) < 4.78 is 0.979. The van der Waals surface area contributed by atoms with Crippen LogP contribution >= 0.6 is 15.9 Å². The van der Waals surface area contributed by atoms with Gasteiger partial charge in [-0.3, -0.25) is 4.79 Å². The molecule has 100 valence electrons. The monoisotopic (exact) mass is 312 g/mol. The Morgan fingerprint density at radius 3 is 2.33 bits per heavy atom. The van der Waals surface area contributed by atoms with E-state index in [9.17, 15) is 4.79 Å². The number of nitrogens with zero attached hydrogens (tertiary/aromatic N) is 1. The van der Waals surface area contributed by atoms with Crippen molar-refractivity contribution in [1.29, 1.82) is 0 Å². The standard InChI is InChI=1S/C14H21BrN2O/c1-14(2,10-17(3)4)9-16-13(18)11-5-7-12(15)8-6-11/h5-8H,9-10H2,1-4H3,(H,16,18). The zero-order valence-electron chi connectivity index (χ0n) is 11.5. The Morgan fingerprint density at radius 1 is 1.28 bits per heavy atom. The molecule has 1 amide bonds. The summed E-state index contributed by atoms with van der Waals surface area (Å²) in [5.74, 6) is -0.0191. The van der Waals surface area contributed by atoms with Crippen LogP contribution in [-0.2, 0) is 0 Å². The molecule has 0 heterocycles. The van der Waals surface area contributed by atoms with E-state index in [1.165, 1.54) is 0 Å². The number of hydrogen-bond donors (Lipinski definition) is 1. The van der Waals surface area contributed by atoms with Crippen LogP contribution in [0.25, 0.3) is 0 Å². The minimum absolute atomic E-state index is 0.0191. The van der Waals surface area contributed by atoms with Crippen LogP contribution in [0.1, 0.15) is 24.2 Å². The average molecular weight is 313 g/mol. The highest BCUT2D eigenvalue weighted by molar-refractivity contribution is 9.10. The normalized spacial score (nSPS) is 11.7. The van der Waals surface area contributed by atoms with Crippen LogP contribution in [0.2, 0.25) is 0 Å². The van der Waals surface area contributed by atoms with Crippen molar-refractivity contribution in [1.82, 2.24) is 10.2 Å². The second-order valence-electron chi connectivity index (χ2n) is 5.59. The first kappa shape index (κ1) is 15.2. The lowest BCUT2D eigenvalue weighted by Gasteiger charge is -2.28. The molecule has 0 aliphatic rings. The van der Waals surface area contributed by atoms with Gasteiger partial charge in [0.05, 0.1) is 0 Å². The number of hydrogen-bond acceptors (Lipinski definition) is 2. The molecule has 4 heteroatoms. The molecule has 0 aliphatic carbocycles. The van der Waals surface area contributed by atoms with E-state index in [2.05, 4.69) is 40.0 Å². The molecule has 1 aromatic carbocycles. The van der Waals surface area contributed by atoms with Crippen molar-refractivity contribution in [2.45, 2.75) is 13.8 Å². The molecule has 0 bridgehead atoms. The Bertz CT molecular complexity index is 399. The number of carbonyl (C=O) groups excluding carboxylic acids is 1. The highest BCUT2D eigenvalue weighted by atomic mass is 79.9. The van der Waals surface area contributed by atoms with Crippen molar-refractivity contribution in [3.05, 3.63) is 34.3 Å². The maximum absolute atomic E-state index is 11.9. The van der Waals surface area contributed by atoms with Crippen molar-refractivity contribution < 1.29 is 4.79 Å². The summed E-state index contributed by atoms with van der Waals surface area (Å²) in [5.41, 5.74) is 0.757. The summed E-state index contributed by atoms with van der Waals surface area (Å²) in [6.07, 6.45) is 0. The van der Waals surface area contributed by atoms with Crippen LogP contribution in [0.5, 0.6) is 0 Å². The van der Waals surface area contributed by atoms with E-state index < -0.39 is 0 Å². The fourth-order valence-corrected chi connectivity index (χ4v) is 2.20. The van der Waals surface area contributed by atoms with Gasteiger partial charge < -0.3 is 10.2 Å². The van der Waals surface area contributed by atoms with Gasteiger partial charge in [-0.1, -0.05) is 29.8 Å². The van der Waals surface area contributed by atoms with Crippen LogP contribution in [0.3, 0.4) is 0 Å². The van der Waals surface area contributed by atoms with Gasteiger partial charge in [0.25, 0.3) is 5.91 Å². The van der Waals surface area contributed by atoms with Crippen molar-refractivity contribution >= 4 is 21.8 Å². The van der Waals surface area contributed by atoms with Crippen LogP contribution < -0.4 is 5.32 Å².